The second-order valence-electron chi connectivity index (χ2n) is 6.86. The van der Waals surface area contributed by atoms with Crippen molar-refractivity contribution in [1.29, 1.82) is 0 Å². The quantitative estimate of drug-likeness (QED) is 0.706. The molecular formula is C16H19F4N5O2S. The Morgan fingerprint density at radius 2 is 1.79 bits per heavy atom. The molecule has 0 radical (unpaired) electrons. The lowest BCUT2D eigenvalue weighted by Gasteiger charge is -2.38. The molecule has 0 amide bonds. The minimum atomic E-state index is -5.00. The maximum atomic E-state index is 15.5. The predicted molar refractivity (Wildman–Crippen MR) is 91.9 cm³/mol. The molecule has 1 aliphatic heterocycles. The molecule has 1 aliphatic rings. The Balaban J connectivity index is 1.85. The Labute approximate surface area is 159 Å². The Bertz CT molecular complexity index is 936. The van der Waals surface area contributed by atoms with Crippen LogP contribution in [-0.2, 0) is 23.1 Å². The van der Waals surface area contributed by atoms with Crippen LogP contribution in [0.1, 0.15) is 25.5 Å². The summed E-state index contributed by atoms with van der Waals surface area (Å²) in [6.45, 7) is 1.54. The number of piperidine rings is 1. The number of sulfone groups is 1. The molecule has 0 aliphatic carbocycles. The second kappa shape index (κ2) is 6.98. The lowest BCUT2D eigenvalue weighted by molar-refractivity contribution is -0.143. The summed E-state index contributed by atoms with van der Waals surface area (Å²) in [5.74, 6) is -0.954. The van der Waals surface area contributed by atoms with Crippen molar-refractivity contribution >= 4 is 15.5 Å². The average Bonchev–Trinajstić information content (AvgIpc) is 3.05. The summed E-state index contributed by atoms with van der Waals surface area (Å²) in [7, 11) is -3.77. The van der Waals surface area contributed by atoms with E-state index in [1.165, 1.54) is 12.4 Å². The zero-order chi connectivity index (χ0) is 20.7. The number of aromatic nitrogens is 4. The third kappa shape index (κ3) is 3.56. The summed E-state index contributed by atoms with van der Waals surface area (Å²) in [6, 6.07) is 1.73. The van der Waals surface area contributed by atoms with Crippen LogP contribution in [0.2, 0.25) is 0 Å². The highest BCUT2D eigenvalue weighted by atomic mass is 32.2. The van der Waals surface area contributed by atoms with Gasteiger partial charge in [0.1, 0.15) is 4.90 Å². The minimum Gasteiger partial charge on any atom is -0.370 e. The molecule has 0 spiro atoms. The van der Waals surface area contributed by atoms with Crippen molar-refractivity contribution in [1.82, 2.24) is 20.0 Å². The van der Waals surface area contributed by atoms with Crippen LogP contribution in [0.4, 0.5) is 23.2 Å². The first-order valence-corrected chi connectivity index (χ1v) is 9.99. The fourth-order valence-electron chi connectivity index (χ4n) is 3.42. The summed E-state index contributed by atoms with van der Waals surface area (Å²) in [6.07, 6.45) is -0.930. The van der Waals surface area contributed by atoms with E-state index < -0.39 is 37.5 Å². The molecule has 0 saturated carbocycles. The summed E-state index contributed by atoms with van der Waals surface area (Å²) in [4.78, 5) is 0.771. The van der Waals surface area contributed by atoms with Crippen LogP contribution >= 0.6 is 0 Å². The van der Waals surface area contributed by atoms with E-state index in [0.717, 1.165) is 24.3 Å². The Hall–Kier alpha value is -2.24. The number of hydrogen-bond acceptors (Lipinski definition) is 6. The molecule has 0 bridgehead atoms. The molecule has 0 aromatic carbocycles. The predicted octanol–water partition coefficient (Wildman–Crippen LogP) is 2.60. The maximum absolute atomic E-state index is 15.5. The average molecular weight is 421 g/mol. The van der Waals surface area contributed by atoms with E-state index in [4.69, 9.17) is 0 Å². The molecule has 3 rings (SSSR count). The molecule has 0 N–H and O–H groups in total. The number of alkyl halides is 4. The topological polar surface area (TPSA) is 81.0 Å². The molecule has 3 heterocycles. The molecule has 2 aromatic rings. The van der Waals surface area contributed by atoms with Crippen LogP contribution in [0.5, 0.6) is 0 Å². The van der Waals surface area contributed by atoms with Gasteiger partial charge in [0, 0.05) is 32.3 Å². The van der Waals surface area contributed by atoms with Crippen molar-refractivity contribution in [2.45, 2.75) is 35.8 Å². The Morgan fingerprint density at radius 3 is 2.32 bits per heavy atom. The van der Waals surface area contributed by atoms with Crippen LogP contribution in [0, 0.1) is 5.92 Å². The lowest BCUT2D eigenvalue weighted by atomic mass is 9.92. The molecule has 1 fully saturated rings. The van der Waals surface area contributed by atoms with Crippen LogP contribution in [0.15, 0.2) is 29.6 Å². The Kier molecular flexibility index (Phi) is 5.11. The van der Waals surface area contributed by atoms with E-state index in [2.05, 4.69) is 15.3 Å². The number of rotatable bonds is 4. The number of aryl methyl sites for hydroxylation is 1. The summed E-state index contributed by atoms with van der Waals surface area (Å²) >= 11 is 0. The first kappa shape index (κ1) is 20.5. The van der Waals surface area contributed by atoms with Crippen molar-refractivity contribution in [3.05, 3.63) is 30.4 Å². The monoisotopic (exact) mass is 421 g/mol. The van der Waals surface area contributed by atoms with Gasteiger partial charge in [0.25, 0.3) is 0 Å². The van der Waals surface area contributed by atoms with Gasteiger partial charge in [-0.2, -0.15) is 28.5 Å². The number of nitrogens with zero attached hydrogens (tertiary/aromatic N) is 5. The highest BCUT2D eigenvalue weighted by Crippen LogP contribution is 2.43. The van der Waals surface area contributed by atoms with Gasteiger partial charge in [0.2, 0.25) is 14.8 Å². The van der Waals surface area contributed by atoms with Crippen LogP contribution in [0.3, 0.4) is 0 Å². The van der Waals surface area contributed by atoms with E-state index in [1.807, 2.05) is 4.90 Å². The van der Waals surface area contributed by atoms with Crippen LogP contribution in [0.25, 0.3) is 0 Å². The fraction of sp³-hybridized carbons (Fsp3) is 0.562. The molecule has 12 heteroatoms. The van der Waals surface area contributed by atoms with Crippen LogP contribution in [-0.4, -0.2) is 46.5 Å². The van der Waals surface area contributed by atoms with E-state index in [1.54, 1.807) is 6.07 Å². The largest absolute Gasteiger partial charge is 0.436 e. The van der Waals surface area contributed by atoms with Gasteiger partial charge < -0.3 is 4.90 Å². The molecule has 154 valence electrons. The zero-order valence-electron chi connectivity index (χ0n) is 15.2. The highest BCUT2D eigenvalue weighted by molar-refractivity contribution is 7.92. The number of hydrogen-bond donors (Lipinski definition) is 0. The van der Waals surface area contributed by atoms with Gasteiger partial charge in [0.05, 0.1) is 18.1 Å². The van der Waals surface area contributed by atoms with Gasteiger partial charge in [-0.1, -0.05) is 0 Å². The van der Waals surface area contributed by atoms with Gasteiger partial charge in [-0.3, -0.25) is 4.68 Å². The first-order chi connectivity index (χ1) is 12.9. The highest BCUT2D eigenvalue weighted by Gasteiger charge is 2.52. The fourth-order valence-corrected chi connectivity index (χ4v) is 5.23. The zero-order valence-corrected chi connectivity index (χ0v) is 16.0. The molecule has 1 atom stereocenters. The number of halogens is 4. The van der Waals surface area contributed by atoms with Gasteiger partial charge in [0.15, 0.2) is 5.69 Å². The van der Waals surface area contributed by atoms with E-state index in [9.17, 15) is 21.6 Å². The molecule has 2 aromatic heterocycles. The smallest absolute Gasteiger partial charge is 0.370 e. The Morgan fingerprint density at radius 1 is 1.14 bits per heavy atom. The SMILES string of the molecule is Cn1cc(S(=O)(=O)C(C)(F)C2CCN(c3ccnnc3)CC2)c(C(F)(F)F)n1. The summed E-state index contributed by atoms with van der Waals surface area (Å²) in [5, 5.41) is 7.76. The normalized spacial score (nSPS) is 18.9. The van der Waals surface area contributed by atoms with Gasteiger partial charge >= 0.3 is 6.18 Å². The number of anilines is 1. The van der Waals surface area contributed by atoms with Crippen molar-refractivity contribution < 1.29 is 26.0 Å². The van der Waals surface area contributed by atoms with Gasteiger partial charge in [-0.15, -0.1) is 0 Å². The van der Waals surface area contributed by atoms with Crippen molar-refractivity contribution in [2.24, 2.45) is 13.0 Å². The molecular weight excluding hydrogens is 402 g/mol. The maximum Gasteiger partial charge on any atom is 0.436 e. The third-order valence-corrected chi connectivity index (χ3v) is 7.30. The van der Waals surface area contributed by atoms with Crippen molar-refractivity contribution in [2.75, 3.05) is 18.0 Å². The van der Waals surface area contributed by atoms with Crippen molar-refractivity contribution in [3.63, 3.8) is 0 Å². The molecule has 1 saturated heterocycles. The van der Waals surface area contributed by atoms with E-state index in [-0.39, 0.29) is 12.8 Å². The molecule has 1 unspecified atom stereocenters. The third-order valence-electron chi connectivity index (χ3n) is 5.04. The van der Waals surface area contributed by atoms with Gasteiger partial charge in [-0.05, 0) is 25.8 Å². The molecule has 7 nitrogen and oxygen atoms in total. The first-order valence-electron chi connectivity index (χ1n) is 8.50. The van der Waals surface area contributed by atoms with Crippen molar-refractivity contribution in [3.8, 4) is 0 Å². The second-order valence-corrected chi connectivity index (χ2v) is 9.11. The standard InChI is InChI=1S/C16H19F4N5O2S/c1-15(17,11-4-7-25(8-5-11)12-3-6-21-22-9-12)28(26,27)13-10-24(2)23-14(13)16(18,19)20/h3,6,9-11H,4-5,7-8H2,1-2H3. The van der Waals surface area contributed by atoms with E-state index >= 15 is 4.39 Å². The van der Waals surface area contributed by atoms with Crippen LogP contribution < -0.4 is 4.90 Å². The minimum absolute atomic E-state index is 0.163. The summed E-state index contributed by atoms with van der Waals surface area (Å²) < 4.78 is 81.4. The van der Waals surface area contributed by atoms with Gasteiger partial charge in [-0.25, -0.2) is 12.8 Å². The molecule has 28 heavy (non-hydrogen) atoms. The lowest BCUT2D eigenvalue weighted by Crippen LogP contribution is -2.45. The van der Waals surface area contributed by atoms with E-state index in [0.29, 0.717) is 19.3 Å². The summed E-state index contributed by atoms with van der Waals surface area (Å²) in [5.41, 5.74) is -0.831.